The van der Waals surface area contributed by atoms with Crippen LogP contribution in [-0.2, 0) is 9.53 Å². The number of pyridine rings is 1. The van der Waals surface area contributed by atoms with Gasteiger partial charge in [0.2, 0.25) is 0 Å². The fourth-order valence-corrected chi connectivity index (χ4v) is 3.08. The fourth-order valence-electron chi connectivity index (χ4n) is 2.73. The maximum absolute atomic E-state index is 12.6. The van der Waals surface area contributed by atoms with Gasteiger partial charge in [0.15, 0.2) is 12.4 Å². The summed E-state index contributed by atoms with van der Waals surface area (Å²) in [6, 6.07) is 10.3. The van der Waals surface area contributed by atoms with E-state index in [0.717, 1.165) is 0 Å². The molecular formula is C20H18Cl2N4O3. The molecule has 0 aliphatic carbocycles. The first-order valence-electron chi connectivity index (χ1n) is 8.78. The van der Waals surface area contributed by atoms with E-state index in [2.05, 4.69) is 15.4 Å². The van der Waals surface area contributed by atoms with Gasteiger partial charge in [-0.3, -0.25) is 4.79 Å². The molecule has 1 amide bonds. The second-order valence-corrected chi connectivity index (χ2v) is 7.21. The van der Waals surface area contributed by atoms with Gasteiger partial charge in [0.1, 0.15) is 5.56 Å². The predicted octanol–water partition coefficient (Wildman–Crippen LogP) is 4.49. The van der Waals surface area contributed by atoms with Crippen LogP contribution in [0.4, 0.5) is 5.69 Å². The lowest BCUT2D eigenvalue weighted by molar-refractivity contribution is -0.119. The first-order valence-corrected chi connectivity index (χ1v) is 9.54. The number of nitrogens with zero attached hydrogens (tertiary/aromatic N) is 3. The first-order chi connectivity index (χ1) is 13.9. The van der Waals surface area contributed by atoms with Crippen LogP contribution in [0.1, 0.15) is 35.8 Å². The van der Waals surface area contributed by atoms with Crippen molar-refractivity contribution in [1.82, 2.24) is 14.8 Å². The van der Waals surface area contributed by atoms with Crippen LogP contribution in [0.2, 0.25) is 10.0 Å². The van der Waals surface area contributed by atoms with Gasteiger partial charge in [-0.2, -0.15) is 5.10 Å². The quantitative estimate of drug-likeness (QED) is 0.579. The number of aromatic nitrogens is 3. The number of anilines is 1. The van der Waals surface area contributed by atoms with Crippen LogP contribution in [0.3, 0.4) is 0 Å². The number of ether oxygens (including phenoxy) is 1. The lowest BCUT2D eigenvalue weighted by Gasteiger charge is -2.12. The lowest BCUT2D eigenvalue weighted by Crippen LogP contribution is -2.21. The number of hydrogen-bond acceptors (Lipinski definition) is 5. The highest BCUT2D eigenvalue weighted by Crippen LogP contribution is 2.29. The average Bonchev–Trinajstić information content (AvgIpc) is 3.16. The van der Waals surface area contributed by atoms with Crippen molar-refractivity contribution in [3.8, 4) is 5.82 Å². The summed E-state index contributed by atoms with van der Waals surface area (Å²) in [5.74, 6) is -0.626. The Morgan fingerprint density at radius 2 is 1.97 bits per heavy atom. The van der Waals surface area contributed by atoms with Gasteiger partial charge in [0, 0.05) is 6.20 Å². The molecule has 0 radical (unpaired) electrons. The molecule has 150 valence electrons. The smallest absolute Gasteiger partial charge is 0.342 e. The number of rotatable bonds is 6. The largest absolute Gasteiger partial charge is 0.452 e. The van der Waals surface area contributed by atoms with Gasteiger partial charge in [-0.05, 0) is 30.2 Å². The third-order valence-corrected chi connectivity index (χ3v) is 4.82. The molecule has 3 aromatic rings. The number of carbonyl (C=O) groups excluding carboxylic acids is 2. The maximum Gasteiger partial charge on any atom is 0.342 e. The summed E-state index contributed by atoms with van der Waals surface area (Å²) in [4.78, 5) is 29.0. The monoisotopic (exact) mass is 432 g/mol. The number of halogens is 2. The van der Waals surface area contributed by atoms with Crippen molar-refractivity contribution >= 4 is 40.8 Å². The summed E-state index contributed by atoms with van der Waals surface area (Å²) >= 11 is 12.0. The first kappa shape index (κ1) is 20.8. The Morgan fingerprint density at radius 3 is 2.66 bits per heavy atom. The highest BCUT2D eigenvalue weighted by Gasteiger charge is 2.23. The minimum Gasteiger partial charge on any atom is -0.452 e. The van der Waals surface area contributed by atoms with Gasteiger partial charge < -0.3 is 10.1 Å². The minimum absolute atomic E-state index is 0.0267. The Hall–Kier alpha value is -2.90. The average molecular weight is 433 g/mol. The minimum atomic E-state index is -0.650. The van der Waals surface area contributed by atoms with E-state index in [1.807, 2.05) is 19.9 Å². The van der Waals surface area contributed by atoms with Crippen LogP contribution in [0.15, 0.2) is 48.8 Å². The summed E-state index contributed by atoms with van der Waals surface area (Å²) in [6.45, 7) is 3.39. The normalized spacial score (nSPS) is 10.8. The molecule has 0 bridgehead atoms. The zero-order chi connectivity index (χ0) is 21.0. The molecule has 2 aromatic heterocycles. The molecule has 0 spiro atoms. The summed E-state index contributed by atoms with van der Waals surface area (Å²) in [7, 11) is 0. The summed E-state index contributed by atoms with van der Waals surface area (Å²) in [5.41, 5.74) is 1.26. The molecule has 0 saturated carbocycles. The second kappa shape index (κ2) is 9.07. The van der Waals surface area contributed by atoms with Gasteiger partial charge >= 0.3 is 5.97 Å². The molecule has 7 nitrogen and oxygen atoms in total. The van der Waals surface area contributed by atoms with E-state index in [-0.39, 0.29) is 16.5 Å². The van der Waals surface area contributed by atoms with Crippen LogP contribution >= 0.6 is 23.2 Å². The number of carbonyl (C=O) groups is 2. The predicted molar refractivity (Wildman–Crippen MR) is 111 cm³/mol. The van der Waals surface area contributed by atoms with E-state index in [0.29, 0.717) is 22.2 Å². The molecule has 0 unspecified atom stereocenters. The van der Waals surface area contributed by atoms with E-state index in [1.165, 1.54) is 6.20 Å². The molecule has 2 heterocycles. The Balaban J connectivity index is 1.72. The van der Waals surface area contributed by atoms with Gasteiger partial charge in [-0.15, -0.1) is 0 Å². The molecule has 0 fully saturated rings. The van der Waals surface area contributed by atoms with Crippen molar-refractivity contribution in [2.45, 2.75) is 19.8 Å². The van der Waals surface area contributed by atoms with Crippen molar-refractivity contribution in [3.63, 3.8) is 0 Å². The van der Waals surface area contributed by atoms with E-state index in [9.17, 15) is 9.59 Å². The standard InChI is InChI=1S/C20H18Cl2N4O3/c1-12(2)19-13(10-24-26(19)16-8-3-4-9-23-16)20(28)29-11-17(27)25-15-7-5-6-14(21)18(15)22/h3-10,12H,11H2,1-2H3,(H,25,27). The third-order valence-electron chi connectivity index (χ3n) is 4.00. The Labute approximate surface area is 177 Å². The highest BCUT2D eigenvalue weighted by atomic mass is 35.5. The second-order valence-electron chi connectivity index (χ2n) is 6.42. The summed E-state index contributed by atoms with van der Waals surface area (Å²) in [5, 5.41) is 7.35. The SMILES string of the molecule is CC(C)c1c(C(=O)OCC(=O)Nc2cccc(Cl)c2Cl)cnn1-c1ccccn1. The Bertz CT molecular complexity index is 1040. The molecule has 29 heavy (non-hydrogen) atoms. The molecule has 9 heteroatoms. The van der Waals surface area contributed by atoms with Crippen LogP contribution in [-0.4, -0.2) is 33.2 Å². The van der Waals surface area contributed by atoms with Gasteiger partial charge in [0.05, 0.1) is 27.6 Å². The molecule has 3 rings (SSSR count). The van der Waals surface area contributed by atoms with Crippen molar-refractivity contribution < 1.29 is 14.3 Å². The fraction of sp³-hybridized carbons (Fsp3) is 0.200. The molecule has 1 aromatic carbocycles. The number of benzene rings is 1. The molecule has 0 saturated heterocycles. The topological polar surface area (TPSA) is 86.1 Å². The summed E-state index contributed by atoms with van der Waals surface area (Å²) in [6.07, 6.45) is 3.06. The lowest BCUT2D eigenvalue weighted by atomic mass is 10.1. The maximum atomic E-state index is 12.6. The van der Waals surface area contributed by atoms with Crippen molar-refractivity contribution in [2.75, 3.05) is 11.9 Å². The van der Waals surface area contributed by atoms with E-state index < -0.39 is 18.5 Å². The molecular weight excluding hydrogens is 415 g/mol. The molecule has 0 atom stereocenters. The zero-order valence-corrected chi connectivity index (χ0v) is 17.2. The Morgan fingerprint density at radius 1 is 1.17 bits per heavy atom. The van der Waals surface area contributed by atoms with Gasteiger partial charge in [-0.25, -0.2) is 14.5 Å². The van der Waals surface area contributed by atoms with Crippen molar-refractivity contribution in [2.24, 2.45) is 0 Å². The number of hydrogen-bond donors (Lipinski definition) is 1. The summed E-state index contributed by atoms with van der Waals surface area (Å²) < 4.78 is 6.76. The van der Waals surface area contributed by atoms with Gasteiger partial charge in [-0.1, -0.05) is 49.2 Å². The highest BCUT2D eigenvalue weighted by molar-refractivity contribution is 6.44. The van der Waals surface area contributed by atoms with Gasteiger partial charge in [0.25, 0.3) is 5.91 Å². The third kappa shape index (κ3) is 4.75. The van der Waals surface area contributed by atoms with Crippen LogP contribution < -0.4 is 5.32 Å². The van der Waals surface area contributed by atoms with E-state index in [4.69, 9.17) is 27.9 Å². The van der Waals surface area contributed by atoms with Crippen molar-refractivity contribution in [3.05, 3.63) is 70.1 Å². The molecule has 0 aliphatic heterocycles. The number of esters is 1. The zero-order valence-electron chi connectivity index (χ0n) is 15.7. The molecule has 1 N–H and O–H groups in total. The van der Waals surface area contributed by atoms with Crippen LogP contribution in [0.25, 0.3) is 5.82 Å². The number of amides is 1. The van der Waals surface area contributed by atoms with Crippen LogP contribution in [0.5, 0.6) is 0 Å². The Kier molecular flexibility index (Phi) is 6.51. The van der Waals surface area contributed by atoms with E-state index in [1.54, 1.807) is 41.2 Å². The van der Waals surface area contributed by atoms with Crippen LogP contribution in [0, 0.1) is 0 Å². The van der Waals surface area contributed by atoms with E-state index >= 15 is 0 Å². The number of nitrogens with one attached hydrogen (secondary N) is 1. The van der Waals surface area contributed by atoms with Crippen molar-refractivity contribution in [1.29, 1.82) is 0 Å². The molecule has 0 aliphatic rings.